The van der Waals surface area contributed by atoms with Crippen molar-refractivity contribution in [1.29, 1.82) is 0 Å². The summed E-state index contributed by atoms with van der Waals surface area (Å²) in [5, 5.41) is 2.64. The molecule has 0 saturated heterocycles. The van der Waals surface area contributed by atoms with Crippen LogP contribution in [0, 0.1) is 6.92 Å². The summed E-state index contributed by atoms with van der Waals surface area (Å²) >= 11 is 0. The molecule has 0 spiro atoms. The van der Waals surface area contributed by atoms with Crippen LogP contribution >= 0.6 is 0 Å². The number of nitrogens with zero attached hydrogens (tertiary/aromatic N) is 3. The van der Waals surface area contributed by atoms with Crippen LogP contribution in [-0.2, 0) is 21.4 Å². The van der Waals surface area contributed by atoms with Crippen molar-refractivity contribution >= 4 is 21.6 Å². The number of aryl methyl sites for hydroxylation is 1. The first-order valence-electron chi connectivity index (χ1n) is 8.62. The van der Waals surface area contributed by atoms with Gasteiger partial charge >= 0.3 is 0 Å². The van der Waals surface area contributed by atoms with Crippen LogP contribution in [-0.4, -0.2) is 55.7 Å². The van der Waals surface area contributed by atoms with E-state index >= 15 is 0 Å². The Labute approximate surface area is 161 Å². The molecule has 0 saturated carbocycles. The number of likely N-dealkylation sites (N-methyl/N-ethyl adjacent to an activating group) is 1. The molecule has 0 aliphatic heterocycles. The van der Waals surface area contributed by atoms with Gasteiger partial charge in [-0.2, -0.15) is 4.31 Å². The molecule has 2 rings (SSSR count). The van der Waals surface area contributed by atoms with Gasteiger partial charge in [-0.1, -0.05) is 12.1 Å². The quantitative estimate of drug-likeness (QED) is 0.746. The Morgan fingerprint density at radius 1 is 1.19 bits per heavy atom. The minimum atomic E-state index is -3.76. The standard InChI is InChI=1S/C19H26N4O3S/c1-15-7-8-18(21-16(2)24)12-19(15)27(25,26)23(11-10-22(3)4)14-17-6-5-9-20-13-17/h5-9,12-13H,10-11,14H2,1-4H3,(H,21,24). The Morgan fingerprint density at radius 3 is 2.52 bits per heavy atom. The average Bonchev–Trinajstić information content (AvgIpc) is 2.60. The molecule has 8 heteroatoms. The van der Waals surface area contributed by atoms with E-state index in [1.807, 2.05) is 25.1 Å². The van der Waals surface area contributed by atoms with E-state index < -0.39 is 10.0 Å². The molecule has 1 amide bonds. The van der Waals surface area contributed by atoms with Crippen molar-refractivity contribution in [2.24, 2.45) is 0 Å². The average molecular weight is 391 g/mol. The van der Waals surface area contributed by atoms with E-state index in [0.717, 1.165) is 5.56 Å². The first-order chi connectivity index (χ1) is 12.7. The topological polar surface area (TPSA) is 82.6 Å². The Balaban J connectivity index is 2.41. The minimum absolute atomic E-state index is 0.191. The number of anilines is 1. The zero-order chi connectivity index (χ0) is 20.0. The maximum Gasteiger partial charge on any atom is 0.243 e. The molecule has 1 heterocycles. The summed E-state index contributed by atoms with van der Waals surface area (Å²) in [6.07, 6.45) is 3.32. The Hall–Kier alpha value is -2.29. The molecule has 0 bridgehead atoms. The van der Waals surface area contributed by atoms with E-state index in [0.29, 0.717) is 24.3 Å². The molecule has 0 radical (unpaired) electrons. The summed E-state index contributed by atoms with van der Waals surface area (Å²) in [7, 11) is 0.0443. The number of hydrogen-bond acceptors (Lipinski definition) is 5. The highest BCUT2D eigenvalue weighted by Gasteiger charge is 2.26. The van der Waals surface area contributed by atoms with Crippen LogP contribution < -0.4 is 5.32 Å². The van der Waals surface area contributed by atoms with Gasteiger partial charge in [-0.15, -0.1) is 0 Å². The van der Waals surface area contributed by atoms with E-state index in [9.17, 15) is 13.2 Å². The van der Waals surface area contributed by atoms with E-state index in [4.69, 9.17) is 0 Å². The van der Waals surface area contributed by atoms with Crippen LogP contribution in [0.15, 0.2) is 47.6 Å². The molecule has 1 aromatic heterocycles. The second-order valence-electron chi connectivity index (χ2n) is 6.66. The first kappa shape index (κ1) is 21.0. The third kappa shape index (κ3) is 5.85. The molecule has 146 valence electrons. The molecule has 7 nitrogen and oxygen atoms in total. The summed E-state index contributed by atoms with van der Waals surface area (Å²) in [6.45, 7) is 4.30. The minimum Gasteiger partial charge on any atom is -0.326 e. The zero-order valence-corrected chi connectivity index (χ0v) is 17.0. The number of aromatic nitrogens is 1. The van der Waals surface area contributed by atoms with Crippen LogP contribution in [0.4, 0.5) is 5.69 Å². The SMILES string of the molecule is CC(=O)Nc1ccc(C)c(S(=O)(=O)N(CCN(C)C)Cc2cccnc2)c1. The number of rotatable bonds is 8. The van der Waals surface area contributed by atoms with Crippen molar-refractivity contribution in [1.82, 2.24) is 14.2 Å². The van der Waals surface area contributed by atoms with Crippen molar-refractivity contribution in [3.8, 4) is 0 Å². The molecule has 0 aliphatic carbocycles. The summed E-state index contributed by atoms with van der Waals surface area (Å²) in [5.74, 6) is -0.248. The van der Waals surface area contributed by atoms with Crippen LogP contribution in [0.25, 0.3) is 0 Å². The molecule has 0 unspecified atom stereocenters. The molecule has 0 atom stereocenters. The predicted molar refractivity (Wildman–Crippen MR) is 106 cm³/mol. The smallest absolute Gasteiger partial charge is 0.243 e. The molecule has 2 aromatic rings. The summed E-state index contributed by atoms with van der Waals surface area (Å²) in [6, 6.07) is 8.55. The Bertz CT molecular complexity index is 883. The van der Waals surface area contributed by atoms with Gasteiger partial charge in [-0.25, -0.2) is 8.42 Å². The largest absolute Gasteiger partial charge is 0.326 e. The van der Waals surface area contributed by atoms with Crippen LogP contribution in [0.5, 0.6) is 0 Å². The molecular weight excluding hydrogens is 364 g/mol. The molecule has 0 fully saturated rings. The number of pyridine rings is 1. The molecule has 0 aliphatic rings. The van der Waals surface area contributed by atoms with Gasteiger partial charge in [0.1, 0.15) is 0 Å². The zero-order valence-electron chi connectivity index (χ0n) is 16.1. The number of hydrogen-bond donors (Lipinski definition) is 1. The van der Waals surface area contributed by atoms with Crippen molar-refractivity contribution in [2.75, 3.05) is 32.5 Å². The van der Waals surface area contributed by atoms with Crippen molar-refractivity contribution < 1.29 is 13.2 Å². The second kappa shape index (κ2) is 9.07. The number of amides is 1. The predicted octanol–water partition coefficient (Wildman–Crippen LogP) is 2.10. The Morgan fingerprint density at radius 2 is 1.93 bits per heavy atom. The normalized spacial score (nSPS) is 11.8. The number of benzene rings is 1. The van der Waals surface area contributed by atoms with Crippen molar-refractivity contribution in [3.05, 3.63) is 53.9 Å². The van der Waals surface area contributed by atoms with Crippen LogP contribution in [0.3, 0.4) is 0 Å². The van der Waals surface area contributed by atoms with Gasteiger partial charge in [0, 0.05) is 44.6 Å². The lowest BCUT2D eigenvalue weighted by Gasteiger charge is -2.25. The van der Waals surface area contributed by atoms with E-state index in [1.54, 1.807) is 37.5 Å². The fraction of sp³-hybridized carbons (Fsp3) is 0.368. The maximum absolute atomic E-state index is 13.4. The van der Waals surface area contributed by atoms with Gasteiger partial charge in [0.2, 0.25) is 15.9 Å². The Kier molecular flexibility index (Phi) is 7.06. The molecular formula is C19H26N4O3S. The van der Waals surface area contributed by atoms with Gasteiger partial charge in [0.05, 0.1) is 4.90 Å². The third-order valence-electron chi connectivity index (χ3n) is 4.00. The van der Waals surface area contributed by atoms with Crippen LogP contribution in [0.1, 0.15) is 18.1 Å². The van der Waals surface area contributed by atoms with Gasteiger partial charge in [0.15, 0.2) is 0 Å². The maximum atomic E-state index is 13.4. The summed E-state index contributed by atoms with van der Waals surface area (Å²) in [5.41, 5.74) is 1.90. The highest BCUT2D eigenvalue weighted by Crippen LogP contribution is 2.25. The fourth-order valence-electron chi connectivity index (χ4n) is 2.59. The van der Waals surface area contributed by atoms with Gasteiger partial charge in [-0.05, 0) is 50.3 Å². The lowest BCUT2D eigenvalue weighted by atomic mass is 10.2. The highest BCUT2D eigenvalue weighted by molar-refractivity contribution is 7.89. The van der Waals surface area contributed by atoms with Gasteiger partial charge in [0.25, 0.3) is 0 Å². The van der Waals surface area contributed by atoms with Gasteiger partial charge < -0.3 is 10.2 Å². The lowest BCUT2D eigenvalue weighted by Crippen LogP contribution is -2.36. The van der Waals surface area contributed by atoms with Crippen molar-refractivity contribution in [2.45, 2.75) is 25.3 Å². The monoisotopic (exact) mass is 390 g/mol. The number of carbonyl (C=O) groups is 1. The molecule has 1 aromatic carbocycles. The fourth-order valence-corrected chi connectivity index (χ4v) is 4.26. The third-order valence-corrected chi connectivity index (χ3v) is 5.99. The summed E-state index contributed by atoms with van der Waals surface area (Å²) in [4.78, 5) is 17.5. The van der Waals surface area contributed by atoms with Gasteiger partial charge in [-0.3, -0.25) is 9.78 Å². The first-order valence-corrected chi connectivity index (χ1v) is 10.1. The van der Waals surface area contributed by atoms with E-state index in [2.05, 4.69) is 10.3 Å². The summed E-state index contributed by atoms with van der Waals surface area (Å²) < 4.78 is 28.2. The molecule has 1 N–H and O–H groups in total. The number of carbonyl (C=O) groups excluding carboxylic acids is 1. The number of nitrogens with one attached hydrogen (secondary N) is 1. The van der Waals surface area contributed by atoms with Crippen LogP contribution in [0.2, 0.25) is 0 Å². The second-order valence-corrected chi connectivity index (χ2v) is 8.57. The van der Waals surface area contributed by atoms with E-state index in [-0.39, 0.29) is 17.3 Å². The molecule has 27 heavy (non-hydrogen) atoms. The lowest BCUT2D eigenvalue weighted by molar-refractivity contribution is -0.114. The number of sulfonamides is 1. The van der Waals surface area contributed by atoms with E-state index in [1.165, 1.54) is 17.3 Å². The van der Waals surface area contributed by atoms with Crippen molar-refractivity contribution in [3.63, 3.8) is 0 Å². The highest BCUT2D eigenvalue weighted by atomic mass is 32.2.